The van der Waals surface area contributed by atoms with E-state index in [0.717, 1.165) is 33.0 Å². The van der Waals surface area contributed by atoms with Gasteiger partial charge in [0.1, 0.15) is 5.25 Å². The van der Waals surface area contributed by atoms with E-state index in [0.29, 0.717) is 5.69 Å². The van der Waals surface area contributed by atoms with Crippen molar-refractivity contribution in [2.75, 3.05) is 16.0 Å². The monoisotopic (exact) mass is 481 g/mol. The zero-order valence-corrected chi connectivity index (χ0v) is 20.4. The van der Waals surface area contributed by atoms with Gasteiger partial charge < -0.3 is 16.0 Å². The average Bonchev–Trinajstić information content (AvgIpc) is 2.87. The molecule has 1 atom stereocenters. The van der Waals surface area contributed by atoms with E-state index in [2.05, 4.69) is 16.0 Å². The first-order valence-electron chi connectivity index (χ1n) is 11.3. The molecule has 0 saturated carbocycles. The summed E-state index contributed by atoms with van der Waals surface area (Å²) in [5, 5.41) is 8.30. The fourth-order valence-corrected chi connectivity index (χ4v) is 4.56. The molecule has 0 heterocycles. The molecule has 4 aromatic rings. The summed E-state index contributed by atoms with van der Waals surface area (Å²) in [6.07, 6.45) is 0. The number of aryl methyl sites for hydroxylation is 2. The smallest absolute Gasteiger partial charge is 0.323 e. The molecule has 35 heavy (non-hydrogen) atoms. The largest absolute Gasteiger partial charge is 0.325 e. The van der Waals surface area contributed by atoms with Gasteiger partial charge >= 0.3 is 6.03 Å². The molecule has 0 saturated heterocycles. The Bertz CT molecular complexity index is 1290. The Kier molecular flexibility index (Phi) is 7.85. The molecular weight excluding hydrogens is 454 g/mol. The van der Waals surface area contributed by atoms with E-state index >= 15 is 0 Å². The lowest BCUT2D eigenvalue weighted by Gasteiger charge is -2.18. The molecule has 0 aromatic heterocycles. The van der Waals surface area contributed by atoms with Crippen LogP contribution in [0.5, 0.6) is 0 Å². The van der Waals surface area contributed by atoms with E-state index in [4.69, 9.17) is 0 Å². The third-order valence-corrected chi connectivity index (χ3v) is 6.66. The molecule has 1 unspecified atom stereocenters. The Morgan fingerprint density at radius 3 is 1.94 bits per heavy atom. The number of hydrogen-bond acceptors (Lipinski definition) is 3. The van der Waals surface area contributed by atoms with E-state index in [9.17, 15) is 9.59 Å². The number of nitrogens with one attached hydrogen (secondary N) is 3. The van der Waals surface area contributed by atoms with E-state index < -0.39 is 5.25 Å². The molecule has 0 aliphatic carbocycles. The molecule has 176 valence electrons. The second kappa shape index (κ2) is 11.4. The maximum absolute atomic E-state index is 13.4. The van der Waals surface area contributed by atoms with Gasteiger partial charge in [-0.3, -0.25) is 4.79 Å². The fraction of sp³-hybridized carbons (Fsp3) is 0.103. The van der Waals surface area contributed by atoms with E-state index in [1.165, 1.54) is 11.8 Å². The summed E-state index contributed by atoms with van der Waals surface area (Å²) in [4.78, 5) is 26.6. The first-order valence-corrected chi connectivity index (χ1v) is 12.2. The van der Waals surface area contributed by atoms with Gasteiger partial charge in [0.25, 0.3) is 0 Å². The van der Waals surface area contributed by atoms with Crippen LogP contribution in [0.25, 0.3) is 0 Å². The molecule has 5 nitrogen and oxygen atoms in total. The van der Waals surface area contributed by atoms with Crippen molar-refractivity contribution in [1.29, 1.82) is 0 Å². The highest BCUT2D eigenvalue weighted by Gasteiger charge is 2.22. The molecule has 3 N–H and O–H groups in total. The minimum atomic E-state index is -0.434. The average molecular weight is 482 g/mol. The summed E-state index contributed by atoms with van der Waals surface area (Å²) < 4.78 is 0. The lowest BCUT2D eigenvalue weighted by molar-refractivity contribution is -0.115. The first-order chi connectivity index (χ1) is 17.0. The van der Waals surface area contributed by atoms with Crippen LogP contribution < -0.4 is 16.0 Å². The Hall–Kier alpha value is -4.03. The number of carbonyl (C=O) groups is 2. The molecule has 0 fully saturated rings. The maximum atomic E-state index is 13.4. The SMILES string of the molecule is Cc1ccc(C)c(NC(=O)C(Sc2ccc(NC(=O)Nc3ccccc3)cc2)c2ccccc2)c1. The zero-order valence-electron chi connectivity index (χ0n) is 19.6. The summed E-state index contributed by atoms with van der Waals surface area (Å²) >= 11 is 1.47. The number of rotatable bonds is 7. The van der Waals surface area contributed by atoms with E-state index in [1.807, 2.05) is 117 Å². The van der Waals surface area contributed by atoms with Crippen LogP contribution >= 0.6 is 11.8 Å². The van der Waals surface area contributed by atoms with Crippen LogP contribution in [0.1, 0.15) is 21.9 Å². The number of amides is 3. The highest BCUT2D eigenvalue weighted by Crippen LogP contribution is 2.37. The van der Waals surface area contributed by atoms with Crippen LogP contribution in [0.3, 0.4) is 0 Å². The molecule has 0 spiro atoms. The van der Waals surface area contributed by atoms with Crippen LogP contribution in [-0.4, -0.2) is 11.9 Å². The van der Waals surface area contributed by atoms with Crippen LogP contribution in [0.2, 0.25) is 0 Å². The number of benzene rings is 4. The van der Waals surface area contributed by atoms with Gasteiger partial charge in [0.15, 0.2) is 0 Å². The standard InChI is InChI=1S/C29H27N3O2S/c1-20-13-14-21(2)26(19-20)32-28(33)27(22-9-5-3-6-10-22)35-25-17-15-24(16-18-25)31-29(34)30-23-11-7-4-8-12-23/h3-19,27H,1-2H3,(H,32,33)(H2,30,31,34). The summed E-state index contributed by atoms with van der Waals surface area (Å²) in [5.41, 5.74) is 5.24. The van der Waals surface area contributed by atoms with Crippen molar-refractivity contribution in [2.24, 2.45) is 0 Å². The van der Waals surface area contributed by atoms with Crippen LogP contribution in [0.15, 0.2) is 108 Å². The van der Waals surface area contributed by atoms with Gasteiger partial charge in [-0.15, -0.1) is 11.8 Å². The first kappa shape index (κ1) is 24.1. The number of hydrogen-bond donors (Lipinski definition) is 3. The normalized spacial score (nSPS) is 11.4. The number of para-hydroxylation sites is 1. The summed E-state index contributed by atoms with van der Waals surface area (Å²) in [5.74, 6) is -0.0839. The molecule has 3 amide bonds. The third kappa shape index (κ3) is 6.74. The lowest BCUT2D eigenvalue weighted by atomic mass is 10.1. The van der Waals surface area contributed by atoms with Gasteiger partial charge in [0.2, 0.25) is 5.91 Å². The molecule has 4 rings (SSSR count). The minimum Gasteiger partial charge on any atom is -0.325 e. The van der Waals surface area contributed by atoms with Crippen molar-refractivity contribution >= 4 is 40.8 Å². The van der Waals surface area contributed by atoms with Crippen molar-refractivity contribution in [2.45, 2.75) is 24.0 Å². The quantitative estimate of drug-likeness (QED) is 0.241. The number of urea groups is 1. The van der Waals surface area contributed by atoms with Crippen molar-refractivity contribution in [3.8, 4) is 0 Å². The molecule has 6 heteroatoms. The predicted molar refractivity (Wildman–Crippen MR) is 145 cm³/mol. The van der Waals surface area contributed by atoms with Crippen molar-refractivity contribution in [3.63, 3.8) is 0 Å². The highest BCUT2D eigenvalue weighted by atomic mass is 32.2. The van der Waals surface area contributed by atoms with E-state index in [1.54, 1.807) is 0 Å². The van der Waals surface area contributed by atoms with Crippen LogP contribution in [0.4, 0.5) is 21.9 Å². The number of thioether (sulfide) groups is 1. The van der Waals surface area contributed by atoms with Gasteiger partial charge in [-0.05, 0) is 73.0 Å². The predicted octanol–water partition coefficient (Wildman–Crippen LogP) is 7.42. The van der Waals surface area contributed by atoms with Gasteiger partial charge in [-0.2, -0.15) is 0 Å². The second-order valence-electron chi connectivity index (χ2n) is 8.19. The van der Waals surface area contributed by atoms with Crippen LogP contribution in [0, 0.1) is 13.8 Å². The Labute approximate surface area is 210 Å². The van der Waals surface area contributed by atoms with Gasteiger partial charge in [-0.25, -0.2) is 4.79 Å². The summed E-state index contributed by atoms with van der Waals surface area (Å²) in [7, 11) is 0. The number of carbonyl (C=O) groups excluding carboxylic acids is 2. The molecule has 0 aliphatic rings. The molecular formula is C29H27N3O2S. The fourth-order valence-electron chi connectivity index (χ4n) is 3.54. The zero-order chi connectivity index (χ0) is 24.6. The summed E-state index contributed by atoms with van der Waals surface area (Å²) in [6.45, 7) is 3.99. The van der Waals surface area contributed by atoms with Gasteiger partial charge in [0.05, 0.1) is 0 Å². The minimum absolute atomic E-state index is 0.0839. The highest BCUT2D eigenvalue weighted by molar-refractivity contribution is 8.00. The van der Waals surface area contributed by atoms with E-state index in [-0.39, 0.29) is 11.9 Å². The number of anilines is 3. The second-order valence-corrected chi connectivity index (χ2v) is 9.36. The van der Waals surface area contributed by atoms with Crippen molar-refractivity contribution < 1.29 is 9.59 Å². The summed E-state index contributed by atoms with van der Waals surface area (Å²) in [6, 6.07) is 32.2. The molecule has 4 aromatic carbocycles. The Balaban J connectivity index is 1.46. The molecule has 0 radical (unpaired) electrons. The third-order valence-electron chi connectivity index (χ3n) is 5.39. The van der Waals surface area contributed by atoms with Crippen LogP contribution in [-0.2, 0) is 4.79 Å². The Morgan fingerprint density at radius 2 is 1.29 bits per heavy atom. The topological polar surface area (TPSA) is 70.2 Å². The molecule has 0 bridgehead atoms. The van der Waals surface area contributed by atoms with Gasteiger partial charge in [-0.1, -0.05) is 60.7 Å². The Morgan fingerprint density at radius 1 is 0.686 bits per heavy atom. The lowest BCUT2D eigenvalue weighted by Crippen LogP contribution is -2.20. The van der Waals surface area contributed by atoms with Crippen molar-refractivity contribution in [1.82, 2.24) is 0 Å². The maximum Gasteiger partial charge on any atom is 0.323 e. The van der Waals surface area contributed by atoms with Crippen molar-refractivity contribution in [3.05, 3.63) is 120 Å². The van der Waals surface area contributed by atoms with Gasteiger partial charge in [0, 0.05) is 22.0 Å². The molecule has 0 aliphatic heterocycles.